The first-order valence-corrected chi connectivity index (χ1v) is 8.20. The van der Waals surface area contributed by atoms with Crippen LogP contribution in [0.2, 0.25) is 0 Å². The maximum atomic E-state index is 12.1. The van der Waals surface area contributed by atoms with Crippen molar-refractivity contribution in [1.82, 2.24) is 9.88 Å². The number of rotatable bonds is 5. The summed E-state index contributed by atoms with van der Waals surface area (Å²) in [6, 6.07) is 10.1. The lowest BCUT2D eigenvalue weighted by molar-refractivity contribution is -0.120. The molecule has 2 aromatic rings. The van der Waals surface area contributed by atoms with Gasteiger partial charge in [-0.05, 0) is 56.0 Å². The smallest absolute Gasteiger partial charge is 0.224 e. The minimum Gasteiger partial charge on any atom is -0.488 e. The molecular weight excluding hydrogens is 288 g/mol. The minimum absolute atomic E-state index is 0.0640. The van der Waals surface area contributed by atoms with E-state index in [1.165, 1.54) is 5.56 Å². The van der Waals surface area contributed by atoms with Crippen molar-refractivity contribution in [3.8, 4) is 5.75 Å². The molecule has 0 spiro atoms. The number of aromatic nitrogens is 1. The number of carbonyl (C=O) groups is 1. The molecule has 1 N–H and O–H groups in total. The van der Waals surface area contributed by atoms with Crippen molar-refractivity contribution in [2.24, 2.45) is 0 Å². The number of fused-ring (bicyclic) bond motifs is 1. The Morgan fingerprint density at radius 2 is 2.09 bits per heavy atom. The number of benzene rings is 1. The molecule has 1 amide bonds. The number of amides is 1. The van der Waals surface area contributed by atoms with Gasteiger partial charge < -0.3 is 14.6 Å². The second kappa shape index (κ2) is 6.49. The minimum atomic E-state index is -0.0929. The van der Waals surface area contributed by atoms with Crippen LogP contribution in [0.4, 0.5) is 0 Å². The molecule has 0 atom stereocenters. The quantitative estimate of drug-likeness (QED) is 0.922. The molecule has 2 heterocycles. The highest BCUT2D eigenvalue weighted by Gasteiger charge is 2.26. The third-order valence-electron chi connectivity index (χ3n) is 4.23. The summed E-state index contributed by atoms with van der Waals surface area (Å²) in [6.45, 7) is 5.67. The summed E-state index contributed by atoms with van der Waals surface area (Å²) in [4.78, 5) is 12.1. The van der Waals surface area contributed by atoms with Crippen molar-refractivity contribution in [3.05, 3.63) is 53.9 Å². The van der Waals surface area contributed by atoms with Crippen LogP contribution in [0, 0.1) is 0 Å². The van der Waals surface area contributed by atoms with Crippen LogP contribution >= 0.6 is 0 Å². The Balaban J connectivity index is 1.53. The Morgan fingerprint density at radius 1 is 1.30 bits per heavy atom. The highest BCUT2D eigenvalue weighted by Crippen LogP contribution is 2.33. The standard InChI is InChI=1S/C19H24N2O2/c1-19(2)8-7-16-13-15(5-6-17(16)23-19)14-18(22)20-9-12-21-10-3-4-11-21/h3-6,10-11,13H,7-9,12,14H2,1-2H3,(H,20,22). The number of carbonyl (C=O) groups excluding carboxylic acids is 1. The monoisotopic (exact) mass is 312 g/mol. The summed E-state index contributed by atoms with van der Waals surface area (Å²) < 4.78 is 8.04. The largest absolute Gasteiger partial charge is 0.488 e. The molecule has 1 aliphatic rings. The maximum absolute atomic E-state index is 12.1. The predicted molar refractivity (Wildman–Crippen MR) is 90.6 cm³/mol. The van der Waals surface area contributed by atoms with Crippen LogP contribution < -0.4 is 10.1 Å². The van der Waals surface area contributed by atoms with Crippen molar-refractivity contribution in [2.75, 3.05) is 6.54 Å². The van der Waals surface area contributed by atoms with E-state index >= 15 is 0 Å². The Kier molecular flexibility index (Phi) is 4.42. The molecule has 1 aliphatic heterocycles. The van der Waals surface area contributed by atoms with E-state index in [4.69, 9.17) is 4.74 Å². The van der Waals surface area contributed by atoms with E-state index in [1.54, 1.807) is 0 Å². The molecule has 23 heavy (non-hydrogen) atoms. The molecule has 1 aromatic heterocycles. The van der Waals surface area contributed by atoms with Crippen LogP contribution in [-0.2, 0) is 24.2 Å². The van der Waals surface area contributed by atoms with E-state index in [1.807, 2.05) is 36.7 Å². The van der Waals surface area contributed by atoms with Crippen LogP contribution in [0.15, 0.2) is 42.7 Å². The first-order valence-electron chi connectivity index (χ1n) is 8.20. The number of hydrogen-bond donors (Lipinski definition) is 1. The number of nitrogens with zero attached hydrogens (tertiary/aromatic N) is 1. The summed E-state index contributed by atoms with van der Waals surface area (Å²) in [7, 11) is 0. The molecule has 0 aliphatic carbocycles. The number of ether oxygens (including phenoxy) is 1. The molecule has 4 nitrogen and oxygen atoms in total. The molecule has 0 fully saturated rings. The molecule has 122 valence electrons. The van der Waals surface area contributed by atoms with Crippen molar-refractivity contribution in [2.45, 2.75) is 45.3 Å². The summed E-state index contributed by atoms with van der Waals surface area (Å²) in [5.74, 6) is 1.02. The van der Waals surface area contributed by atoms with Crippen molar-refractivity contribution < 1.29 is 9.53 Å². The second-order valence-corrected chi connectivity index (χ2v) is 6.75. The molecule has 4 heteroatoms. The molecule has 1 aromatic carbocycles. The molecule has 0 radical (unpaired) electrons. The summed E-state index contributed by atoms with van der Waals surface area (Å²) in [5, 5.41) is 2.97. The highest BCUT2D eigenvalue weighted by molar-refractivity contribution is 5.78. The van der Waals surface area contributed by atoms with Crippen LogP contribution in [0.3, 0.4) is 0 Å². The van der Waals surface area contributed by atoms with Gasteiger partial charge in [0, 0.05) is 25.5 Å². The fraction of sp³-hybridized carbons (Fsp3) is 0.421. The van der Waals surface area contributed by atoms with Crippen LogP contribution in [0.5, 0.6) is 5.75 Å². The van der Waals surface area contributed by atoms with Gasteiger partial charge in [0.25, 0.3) is 0 Å². The van der Waals surface area contributed by atoms with Crippen LogP contribution in [0.1, 0.15) is 31.4 Å². The Bertz CT molecular complexity index is 675. The van der Waals surface area contributed by atoms with Gasteiger partial charge in [-0.1, -0.05) is 12.1 Å². The van der Waals surface area contributed by atoms with Gasteiger partial charge in [0.1, 0.15) is 11.4 Å². The zero-order valence-electron chi connectivity index (χ0n) is 13.8. The molecular formula is C19H24N2O2. The van der Waals surface area contributed by atoms with Gasteiger partial charge in [-0.3, -0.25) is 4.79 Å². The molecule has 3 rings (SSSR count). The molecule has 0 saturated heterocycles. The average Bonchev–Trinajstić information content (AvgIpc) is 3.00. The lowest BCUT2D eigenvalue weighted by atomic mass is 9.93. The van der Waals surface area contributed by atoms with Gasteiger partial charge in [-0.25, -0.2) is 0 Å². The van der Waals surface area contributed by atoms with Gasteiger partial charge >= 0.3 is 0 Å². The van der Waals surface area contributed by atoms with E-state index in [-0.39, 0.29) is 11.5 Å². The highest BCUT2D eigenvalue weighted by atomic mass is 16.5. The normalized spacial score (nSPS) is 15.6. The lowest BCUT2D eigenvalue weighted by Gasteiger charge is -2.32. The van der Waals surface area contributed by atoms with Gasteiger partial charge in [0.15, 0.2) is 0 Å². The summed E-state index contributed by atoms with van der Waals surface area (Å²) in [6.07, 6.45) is 6.43. The third-order valence-corrected chi connectivity index (χ3v) is 4.23. The summed E-state index contributed by atoms with van der Waals surface area (Å²) >= 11 is 0. The molecule has 0 saturated carbocycles. The molecule has 0 unspecified atom stereocenters. The Hall–Kier alpha value is -2.23. The number of nitrogens with one attached hydrogen (secondary N) is 1. The Morgan fingerprint density at radius 3 is 2.87 bits per heavy atom. The topological polar surface area (TPSA) is 43.3 Å². The predicted octanol–water partition coefficient (Wildman–Crippen LogP) is 2.95. The van der Waals surface area contributed by atoms with Gasteiger partial charge in [-0.15, -0.1) is 0 Å². The zero-order valence-corrected chi connectivity index (χ0v) is 13.8. The van der Waals surface area contributed by atoms with Crippen LogP contribution in [-0.4, -0.2) is 22.6 Å². The van der Waals surface area contributed by atoms with Gasteiger partial charge in [-0.2, -0.15) is 0 Å². The van der Waals surface area contributed by atoms with E-state index in [0.29, 0.717) is 13.0 Å². The van der Waals surface area contributed by atoms with Crippen molar-refractivity contribution >= 4 is 5.91 Å². The average molecular weight is 312 g/mol. The van der Waals surface area contributed by atoms with E-state index in [9.17, 15) is 4.79 Å². The first kappa shape index (κ1) is 15.7. The van der Waals surface area contributed by atoms with E-state index in [0.717, 1.165) is 30.7 Å². The SMILES string of the molecule is CC1(C)CCc2cc(CC(=O)NCCn3cccc3)ccc2O1. The van der Waals surface area contributed by atoms with Crippen molar-refractivity contribution in [1.29, 1.82) is 0 Å². The second-order valence-electron chi connectivity index (χ2n) is 6.75. The zero-order chi connectivity index (χ0) is 16.3. The lowest BCUT2D eigenvalue weighted by Crippen LogP contribution is -2.32. The fourth-order valence-electron chi connectivity index (χ4n) is 2.91. The maximum Gasteiger partial charge on any atom is 0.224 e. The third kappa shape index (κ3) is 4.15. The first-order chi connectivity index (χ1) is 11.0. The Labute approximate surface area is 137 Å². The van der Waals surface area contributed by atoms with Crippen LogP contribution in [0.25, 0.3) is 0 Å². The summed E-state index contributed by atoms with van der Waals surface area (Å²) in [5.41, 5.74) is 2.16. The van der Waals surface area contributed by atoms with Crippen molar-refractivity contribution in [3.63, 3.8) is 0 Å². The molecule has 0 bridgehead atoms. The van der Waals surface area contributed by atoms with Gasteiger partial charge in [0.05, 0.1) is 6.42 Å². The number of hydrogen-bond acceptors (Lipinski definition) is 2. The number of aryl methyl sites for hydroxylation is 1. The van der Waals surface area contributed by atoms with Gasteiger partial charge in [0.2, 0.25) is 5.91 Å². The van der Waals surface area contributed by atoms with E-state index in [2.05, 4.69) is 29.8 Å². The fourth-order valence-corrected chi connectivity index (χ4v) is 2.91. The van der Waals surface area contributed by atoms with E-state index < -0.39 is 0 Å².